The van der Waals surface area contributed by atoms with Crippen molar-refractivity contribution in [1.29, 1.82) is 0 Å². The number of hydrogen-bond acceptors (Lipinski definition) is 6. The van der Waals surface area contributed by atoms with Gasteiger partial charge < -0.3 is 14.8 Å². The van der Waals surface area contributed by atoms with Gasteiger partial charge in [0.05, 0.1) is 18.7 Å². The molecule has 7 heteroatoms. The Hall–Kier alpha value is -1.79. The van der Waals surface area contributed by atoms with Gasteiger partial charge in [-0.25, -0.2) is 9.78 Å². The standard InChI is InChI=1S/C13H13ClN2O3S/c1-3-19-12(17)10-7-20-13(16-10)15-8-4-5-9(14)11(6-8)18-2/h4-7H,3H2,1-2H3,(H,15,16). The number of ether oxygens (including phenoxy) is 2. The number of nitrogens with one attached hydrogen (secondary N) is 1. The van der Waals surface area contributed by atoms with Gasteiger partial charge in [0.1, 0.15) is 5.75 Å². The van der Waals surface area contributed by atoms with Crippen LogP contribution in [-0.4, -0.2) is 24.7 Å². The molecule has 0 aliphatic carbocycles. The summed E-state index contributed by atoms with van der Waals surface area (Å²) in [5, 5.41) is 5.86. The summed E-state index contributed by atoms with van der Waals surface area (Å²) < 4.78 is 10.0. The Balaban J connectivity index is 2.12. The van der Waals surface area contributed by atoms with Crippen LogP contribution in [0.3, 0.4) is 0 Å². The van der Waals surface area contributed by atoms with Crippen molar-refractivity contribution in [1.82, 2.24) is 4.98 Å². The zero-order valence-corrected chi connectivity index (χ0v) is 12.5. The molecule has 0 atom stereocenters. The van der Waals surface area contributed by atoms with Gasteiger partial charge in [0.25, 0.3) is 0 Å². The molecule has 0 bridgehead atoms. The third kappa shape index (κ3) is 3.40. The Morgan fingerprint density at radius 1 is 1.50 bits per heavy atom. The maximum absolute atomic E-state index is 11.5. The van der Waals surface area contributed by atoms with E-state index in [9.17, 15) is 4.79 Å². The summed E-state index contributed by atoms with van der Waals surface area (Å²) >= 11 is 7.27. The highest BCUT2D eigenvalue weighted by atomic mass is 35.5. The number of halogens is 1. The molecular weight excluding hydrogens is 300 g/mol. The Morgan fingerprint density at radius 3 is 3.00 bits per heavy atom. The van der Waals surface area contributed by atoms with Crippen molar-refractivity contribution in [2.24, 2.45) is 0 Å². The first kappa shape index (κ1) is 14.6. The van der Waals surface area contributed by atoms with Gasteiger partial charge in [-0.15, -0.1) is 11.3 Å². The highest BCUT2D eigenvalue weighted by Crippen LogP contribution is 2.29. The van der Waals surface area contributed by atoms with E-state index in [4.69, 9.17) is 21.1 Å². The van der Waals surface area contributed by atoms with Crippen LogP contribution >= 0.6 is 22.9 Å². The van der Waals surface area contributed by atoms with Crippen LogP contribution in [-0.2, 0) is 4.74 Å². The van der Waals surface area contributed by atoms with Crippen molar-refractivity contribution in [2.45, 2.75) is 6.92 Å². The van der Waals surface area contributed by atoms with Crippen LogP contribution in [0.4, 0.5) is 10.8 Å². The Bertz CT molecular complexity index is 615. The predicted molar refractivity (Wildman–Crippen MR) is 79.4 cm³/mol. The second-order valence-electron chi connectivity index (χ2n) is 3.73. The quantitative estimate of drug-likeness (QED) is 0.852. The van der Waals surface area contributed by atoms with Crippen molar-refractivity contribution in [3.63, 3.8) is 0 Å². The molecule has 2 rings (SSSR count). The first-order chi connectivity index (χ1) is 9.63. The highest BCUT2D eigenvalue weighted by molar-refractivity contribution is 7.14. The zero-order chi connectivity index (χ0) is 14.5. The van der Waals surface area contributed by atoms with Crippen LogP contribution in [0.2, 0.25) is 5.02 Å². The summed E-state index contributed by atoms with van der Waals surface area (Å²) in [6.07, 6.45) is 0. The van der Waals surface area contributed by atoms with Crippen molar-refractivity contribution >= 4 is 39.7 Å². The van der Waals surface area contributed by atoms with Gasteiger partial charge >= 0.3 is 5.97 Å². The Labute approximate surface area is 125 Å². The number of nitrogens with zero attached hydrogens (tertiary/aromatic N) is 1. The Morgan fingerprint density at radius 2 is 2.30 bits per heavy atom. The fourth-order valence-corrected chi connectivity index (χ4v) is 2.39. The monoisotopic (exact) mass is 312 g/mol. The van der Waals surface area contributed by atoms with E-state index in [1.165, 1.54) is 11.3 Å². The number of methoxy groups -OCH3 is 1. The molecule has 0 aliphatic rings. The number of aromatic nitrogens is 1. The minimum absolute atomic E-state index is 0.292. The molecule has 0 saturated carbocycles. The summed E-state index contributed by atoms with van der Waals surface area (Å²) in [6.45, 7) is 2.08. The van der Waals surface area contributed by atoms with Gasteiger partial charge in [-0.05, 0) is 19.1 Å². The topological polar surface area (TPSA) is 60.5 Å². The summed E-state index contributed by atoms with van der Waals surface area (Å²) in [4.78, 5) is 15.7. The maximum atomic E-state index is 11.5. The summed E-state index contributed by atoms with van der Waals surface area (Å²) in [6, 6.07) is 5.28. The average Bonchev–Trinajstić information content (AvgIpc) is 2.90. The molecule has 1 aromatic heterocycles. The number of rotatable bonds is 5. The van der Waals surface area contributed by atoms with Crippen LogP contribution in [0.25, 0.3) is 0 Å². The Kier molecular flexibility index (Phi) is 4.81. The molecule has 0 amide bonds. The summed E-state index contributed by atoms with van der Waals surface area (Å²) in [5.41, 5.74) is 1.07. The molecule has 0 unspecified atom stereocenters. The number of esters is 1. The second-order valence-corrected chi connectivity index (χ2v) is 5.00. The number of hydrogen-bond donors (Lipinski definition) is 1. The maximum Gasteiger partial charge on any atom is 0.357 e. The molecule has 20 heavy (non-hydrogen) atoms. The highest BCUT2D eigenvalue weighted by Gasteiger charge is 2.12. The fourth-order valence-electron chi connectivity index (χ4n) is 1.49. The SMILES string of the molecule is CCOC(=O)c1csc(Nc2ccc(Cl)c(OC)c2)n1. The van der Waals surface area contributed by atoms with Crippen LogP contribution in [0, 0.1) is 0 Å². The number of benzene rings is 1. The number of thiazole rings is 1. The molecule has 0 fully saturated rings. The lowest BCUT2D eigenvalue weighted by molar-refractivity contribution is 0.0520. The largest absolute Gasteiger partial charge is 0.495 e. The van der Waals surface area contributed by atoms with Crippen molar-refractivity contribution in [2.75, 3.05) is 19.0 Å². The van der Waals surface area contributed by atoms with E-state index in [-0.39, 0.29) is 0 Å². The number of carbonyl (C=O) groups excluding carboxylic acids is 1. The van der Waals surface area contributed by atoms with Crippen LogP contribution in [0.15, 0.2) is 23.6 Å². The van der Waals surface area contributed by atoms with Crippen molar-refractivity contribution in [3.8, 4) is 5.75 Å². The van der Waals surface area contributed by atoms with Gasteiger partial charge in [-0.1, -0.05) is 11.6 Å². The minimum Gasteiger partial charge on any atom is -0.495 e. The lowest BCUT2D eigenvalue weighted by atomic mass is 10.3. The molecule has 0 spiro atoms. The van der Waals surface area contributed by atoms with E-state index in [0.29, 0.717) is 28.2 Å². The smallest absolute Gasteiger partial charge is 0.357 e. The van der Waals surface area contributed by atoms with Crippen molar-refractivity contribution < 1.29 is 14.3 Å². The third-order valence-corrected chi connectivity index (χ3v) is 3.46. The molecule has 1 N–H and O–H groups in total. The first-order valence-corrected chi connectivity index (χ1v) is 7.13. The van der Waals surface area contributed by atoms with Gasteiger partial charge in [-0.3, -0.25) is 0 Å². The predicted octanol–water partition coefficient (Wildman–Crippen LogP) is 3.73. The van der Waals surface area contributed by atoms with E-state index in [0.717, 1.165) is 5.69 Å². The summed E-state index contributed by atoms with van der Waals surface area (Å²) in [7, 11) is 1.55. The molecule has 2 aromatic rings. The van der Waals surface area contributed by atoms with Crippen molar-refractivity contribution in [3.05, 3.63) is 34.3 Å². The molecule has 0 aliphatic heterocycles. The molecule has 5 nitrogen and oxygen atoms in total. The van der Waals surface area contributed by atoms with Gasteiger partial charge in [0.15, 0.2) is 10.8 Å². The van der Waals surface area contributed by atoms with Gasteiger partial charge in [-0.2, -0.15) is 0 Å². The van der Waals surface area contributed by atoms with Gasteiger partial charge in [0.2, 0.25) is 0 Å². The lowest BCUT2D eigenvalue weighted by Gasteiger charge is -2.06. The minimum atomic E-state index is -0.425. The van der Waals surface area contributed by atoms with E-state index in [1.54, 1.807) is 37.6 Å². The normalized spacial score (nSPS) is 10.2. The average molecular weight is 313 g/mol. The molecule has 106 valence electrons. The number of anilines is 2. The van der Waals surface area contributed by atoms with E-state index >= 15 is 0 Å². The van der Waals surface area contributed by atoms with Gasteiger partial charge in [0, 0.05) is 17.1 Å². The number of carbonyl (C=O) groups is 1. The molecular formula is C13H13ClN2O3S. The molecule has 0 saturated heterocycles. The zero-order valence-electron chi connectivity index (χ0n) is 11.0. The lowest BCUT2D eigenvalue weighted by Crippen LogP contribution is -2.05. The van der Waals surface area contributed by atoms with Crippen LogP contribution in [0.5, 0.6) is 5.75 Å². The molecule has 1 aromatic carbocycles. The first-order valence-electron chi connectivity index (χ1n) is 5.87. The van der Waals surface area contributed by atoms with E-state index < -0.39 is 5.97 Å². The second kappa shape index (κ2) is 6.58. The molecule has 0 radical (unpaired) electrons. The van der Waals surface area contributed by atoms with Crippen LogP contribution in [0.1, 0.15) is 17.4 Å². The van der Waals surface area contributed by atoms with E-state index in [1.807, 2.05) is 0 Å². The molecule has 1 heterocycles. The summed E-state index contributed by atoms with van der Waals surface area (Å²) in [5.74, 6) is 0.143. The third-order valence-electron chi connectivity index (χ3n) is 2.39. The van der Waals surface area contributed by atoms with Crippen LogP contribution < -0.4 is 10.1 Å². The fraction of sp³-hybridized carbons (Fsp3) is 0.231. The van der Waals surface area contributed by atoms with E-state index in [2.05, 4.69) is 10.3 Å².